The Morgan fingerprint density at radius 3 is 2.52 bits per heavy atom. The summed E-state index contributed by atoms with van der Waals surface area (Å²) in [4.78, 5) is 2.53. The van der Waals surface area contributed by atoms with Gasteiger partial charge in [0.25, 0.3) is 0 Å². The molecule has 1 N–H and O–H groups in total. The summed E-state index contributed by atoms with van der Waals surface area (Å²) in [6, 6.07) is 8.13. The highest BCUT2D eigenvalue weighted by Gasteiger charge is 2.22. The van der Waals surface area contributed by atoms with Crippen molar-refractivity contribution in [1.82, 2.24) is 5.32 Å². The van der Waals surface area contributed by atoms with E-state index in [1.54, 1.807) is 25.6 Å². The first-order valence-corrected chi connectivity index (χ1v) is 8.42. The molecule has 0 spiro atoms. The number of hydrogen-bond acceptors (Lipinski definition) is 4. The monoisotopic (exact) mass is 369 g/mol. The predicted molar refractivity (Wildman–Crippen MR) is 91.8 cm³/mol. The van der Waals surface area contributed by atoms with Crippen molar-refractivity contribution in [1.29, 1.82) is 0 Å². The summed E-state index contributed by atoms with van der Waals surface area (Å²) in [5, 5.41) is 3.54. The van der Waals surface area contributed by atoms with Crippen LogP contribution >= 0.6 is 27.3 Å². The smallest absolute Gasteiger partial charge is 0.124 e. The maximum atomic E-state index is 5.53. The van der Waals surface area contributed by atoms with Crippen LogP contribution in [0, 0.1) is 6.92 Å². The fraction of sp³-hybridized carbons (Fsp3) is 0.375. The Morgan fingerprint density at radius 1 is 1.24 bits per heavy atom. The van der Waals surface area contributed by atoms with E-state index in [2.05, 4.69) is 41.2 Å². The molecular formula is C16H20BrNO2S. The SMILES string of the molecule is CCNC(c1cc(OC)ccc1OC)c1sc(C)cc1Br. The number of methoxy groups -OCH3 is 2. The van der Waals surface area contributed by atoms with E-state index in [-0.39, 0.29) is 6.04 Å². The van der Waals surface area contributed by atoms with Gasteiger partial charge >= 0.3 is 0 Å². The first-order chi connectivity index (χ1) is 10.1. The van der Waals surface area contributed by atoms with Gasteiger partial charge in [0, 0.05) is 19.8 Å². The molecule has 3 nitrogen and oxygen atoms in total. The van der Waals surface area contributed by atoms with Gasteiger partial charge in [-0.25, -0.2) is 0 Å². The maximum absolute atomic E-state index is 5.53. The van der Waals surface area contributed by atoms with Crippen molar-refractivity contribution in [3.8, 4) is 11.5 Å². The molecular weight excluding hydrogens is 350 g/mol. The van der Waals surface area contributed by atoms with Crippen LogP contribution in [0.15, 0.2) is 28.7 Å². The van der Waals surface area contributed by atoms with Crippen molar-refractivity contribution < 1.29 is 9.47 Å². The van der Waals surface area contributed by atoms with E-state index >= 15 is 0 Å². The van der Waals surface area contributed by atoms with Crippen molar-refractivity contribution >= 4 is 27.3 Å². The Bertz CT molecular complexity index is 612. The van der Waals surface area contributed by atoms with Crippen LogP contribution in [0.25, 0.3) is 0 Å². The minimum absolute atomic E-state index is 0.0770. The topological polar surface area (TPSA) is 30.5 Å². The largest absolute Gasteiger partial charge is 0.497 e. The summed E-state index contributed by atoms with van der Waals surface area (Å²) in [6.45, 7) is 5.09. The van der Waals surface area contributed by atoms with Crippen molar-refractivity contribution in [2.45, 2.75) is 19.9 Å². The third-order valence-corrected chi connectivity index (χ3v) is 5.29. The summed E-state index contributed by atoms with van der Waals surface area (Å²) < 4.78 is 12.0. The van der Waals surface area contributed by atoms with Gasteiger partial charge < -0.3 is 14.8 Å². The molecule has 5 heteroatoms. The highest BCUT2D eigenvalue weighted by Crippen LogP contribution is 2.39. The lowest BCUT2D eigenvalue weighted by Crippen LogP contribution is -2.22. The molecule has 0 fully saturated rings. The van der Waals surface area contributed by atoms with Crippen molar-refractivity contribution in [2.75, 3.05) is 20.8 Å². The van der Waals surface area contributed by atoms with Crippen molar-refractivity contribution in [3.63, 3.8) is 0 Å². The van der Waals surface area contributed by atoms with Crippen molar-refractivity contribution in [3.05, 3.63) is 44.1 Å². The Kier molecular flexibility index (Phi) is 5.67. The molecule has 0 saturated carbocycles. The van der Waals surface area contributed by atoms with Crippen LogP contribution < -0.4 is 14.8 Å². The molecule has 0 aliphatic heterocycles. The Morgan fingerprint density at radius 2 is 2.00 bits per heavy atom. The van der Waals surface area contributed by atoms with Gasteiger partial charge in [0.1, 0.15) is 11.5 Å². The van der Waals surface area contributed by atoms with Crippen LogP contribution in [0.5, 0.6) is 11.5 Å². The number of nitrogens with one attached hydrogen (secondary N) is 1. The molecule has 0 amide bonds. The fourth-order valence-electron chi connectivity index (χ4n) is 2.31. The summed E-state index contributed by atoms with van der Waals surface area (Å²) >= 11 is 5.45. The van der Waals surface area contributed by atoms with Crippen LogP contribution in [0.2, 0.25) is 0 Å². The molecule has 0 bridgehead atoms. The van der Waals surface area contributed by atoms with E-state index in [1.165, 1.54) is 9.75 Å². The minimum Gasteiger partial charge on any atom is -0.497 e. The van der Waals surface area contributed by atoms with E-state index in [1.807, 2.05) is 18.2 Å². The lowest BCUT2D eigenvalue weighted by molar-refractivity contribution is 0.394. The molecule has 1 heterocycles. The number of halogens is 1. The number of benzene rings is 1. The van der Waals surface area contributed by atoms with E-state index in [4.69, 9.17) is 9.47 Å². The molecule has 1 aromatic carbocycles. The lowest BCUT2D eigenvalue weighted by Gasteiger charge is -2.21. The quantitative estimate of drug-likeness (QED) is 0.810. The Balaban J connectivity index is 2.54. The normalized spacial score (nSPS) is 12.2. The molecule has 114 valence electrons. The van der Waals surface area contributed by atoms with Gasteiger partial charge in [-0.3, -0.25) is 0 Å². The summed E-state index contributed by atoms with van der Waals surface area (Å²) in [5.74, 6) is 1.69. The van der Waals surface area contributed by atoms with Crippen LogP contribution in [0.3, 0.4) is 0 Å². The van der Waals surface area contributed by atoms with E-state index in [0.717, 1.165) is 28.1 Å². The average molecular weight is 370 g/mol. The predicted octanol–water partition coefficient (Wildman–Crippen LogP) is 4.54. The summed E-state index contributed by atoms with van der Waals surface area (Å²) in [6.07, 6.45) is 0. The molecule has 2 aromatic rings. The van der Waals surface area contributed by atoms with Gasteiger partial charge in [0.2, 0.25) is 0 Å². The number of aryl methyl sites for hydroxylation is 1. The number of ether oxygens (including phenoxy) is 2. The Labute approximate surface area is 138 Å². The number of hydrogen-bond donors (Lipinski definition) is 1. The van der Waals surface area contributed by atoms with E-state index in [0.29, 0.717) is 0 Å². The molecule has 1 unspecified atom stereocenters. The maximum Gasteiger partial charge on any atom is 0.124 e. The van der Waals surface area contributed by atoms with Crippen LogP contribution in [0.4, 0.5) is 0 Å². The molecule has 0 radical (unpaired) electrons. The second-order valence-corrected chi connectivity index (χ2v) is 6.81. The molecule has 0 aliphatic rings. The van der Waals surface area contributed by atoms with Crippen LogP contribution in [-0.2, 0) is 0 Å². The minimum atomic E-state index is 0.0770. The first kappa shape index (κ1) is 16.3. The number of thiophene rings is 1. The standard InChI is InChI=1S/C16H20BrNO2S/c1-5-18-15(16-13(17)8-10(2)21-16)12-9-11(19-3)6-7-14(12)20-4/h6-9,15,18H,5H2,1-4H3. The Hall–Kier alpha value is -1.04. The highest BCUT2D eigenvalue weighted by molar-refractivity contribution is 9.10. The summed E-state index contributed by atoms with van der Waals surface area (Å²) in [7, 11) is 3.38. The van der Waals surface area contributed by atoms with Gasteiger partial charge in [-0.05, 0) is 53.7 Å². The third kappa shape index (κ3) is 3.59. The van der Waals surface area contributed by atoms with Gasteiger partial charge in [-0.2, -0.15) is 0 Å². The van der Waals surface area contributed by atoms with Gasteiger partial charge in [0.15, 0.2) is 0 Å². The lowest BCUT2D eigenvalue weighted by atomic mass is 10.0. The van der Waals surface area contributed by atoms with Gasteiger partial charge in [0.05, 0.1) is 20.3 Å². The van der Waals surface area contributed by atoms with Crippen LogP contribution in [0.1, 0.15) is 28.3 Å². The van der Waals surface area contributed by atoms with Gasteiger partial charge in [-0.15, -0.1) is 11.3 Å². The fourth-order valence-corrected chi connectivity index (χ4v) is 4.29. The average Bonchev–Trinajstić information content (AvgIpc) is 2.82. The highest BCUT2D eigenvalue weighted by atomic mass is 79.9. The molecule has 2 rings (SSSR count). The van der Waals surface area contributed by atoms with Crippen LogP contribution in [-0.4, -0.2) is 20.8 Å². The number of rotatable bonds is 6. The first-order valence-electron chi connectivity index (χ1n) is 6.81. The van der Waals surface area contributed by atoms with Gasteiger partial charge in [-0.1, -0.05) is 6.92 Å². The molecule has 21 heavy (non-hydrogen) atoms. The van der Waals surface area contributed by atoms with E-state index in [9.17, 15) is 0 Å². The molecule has 1 aromatic heterocycles. The summed E-state index contributed by atoms with van der Waals surface area (Å²) in [5.41, 5.74) is 1.08. The second-order valence-electron chi connectivity index (χ2n) is 4.67. The molecule has 0 aliphatic carbocycles. The van der Waals surface area contributed by atoms with Crippen molar-refractivity contribution in [2.24, 2.45) is 0 Å². The molecule has 1 atom stereocenters. The zero-order valence-corrected chi connectivity index (χ0v) is 15.1. The third-order valence-electron chi connectivity index (χ3n) is 3.25. The molecule has 0 saturated heterocycles. The second kappa shape index (κ2) is 7.29. The van der Waals surface area contributed by atoms with E-state index < -0.39 is 0 Å². The zero-order chi connectivity index (χ0) is 15.4. The zero-order valence-electron chi connectivity index (χ0n) is 12.7.